The summed E-state index contributed by atoms with van der Waals surface area (Å²) in [4.78, 5) is 12.1. The van der Waals surface area contributed by atoms with Crippen molar-refractivity contribution in [3.63, 3.8) is 0 Å². The molecule has 0 saturated carbocycles. The number of hydrogen-bond donors (Lipinski definition) is 2. The van der Waals surface area contributed by atoms with Crippen molar-refractivity contribution in [3.8, 4) is 17.2 Å². The van der Waals surface area contributed by atoms with Gasteiger partial charge < -0.3 is 19.9 Å². The van der Waals surface area contributed by atoms with Gasteiger partial charge in [-0.3, -0.25) is 4.79 Å². The van der Waals surface area contributed by atoms with Crippen LogP contribution in [-0.4, -0.2) is 24.2 Å². The number of aryl methyl sites for hydroxylation is 1. The van der Waals surface area contributed by atoms with Crippen LogP contribution in [0.25, 0.3) is 0 Å². The molecule has 0 heterocycles. The maximum Gasteiger partial charge on any atom is 0.257 e. The van der Waals surface area contributed by atoms with E-state index in [0.717, 1.165) is 24.0 Å². The van der Waals surface area contributed by atoms with Crippen molar-refractivity contribution >= 4 is 5.91 Å². The Labute approximate surface area is 170 Å². The Kier molecular flexibility index (Phi) is 7.52. The van der Waals surface area contributed by atoms with Crippen LogP contribution in [0.3, 0.4) is 0 Å². The van der Waals surface area contributed by atoms with E-state index in [9.17, 15) is 9.90 Å². The minimum Gasteiger partial charge on any atom is -0.508 e. The number of carbonyl (C=O) groups excluding carboxylic acids is 1. The summed E-state index contributed by atoms with van der Waals surface area (Å²) in [5.41, 5.74) is 2.19. The molecule has 29 heavy (non-hydrogen) atoms. The molecule has 0 bridgehead atoms. The average Bonchev–Trinajstić information content (AvgIpc) is 2.76. The van der Waals surface area contributed by atoms with Gasteiger partial charge in [0.15, 0.2) is 18.1 Å². The third-order valence-electron chi connectivity index (χ3n) is 4.35. The molecule has 3 aromatic carbocycles. The Morgan fingerprint density at radius 3 is 2.17 bits per heavy atom. The number of phenolic OH excluding ortho intramolecular Hbond substituents is 1. The summed E-state index contributed by atoms with van der Waals surface area (Å²) in [7, 11) is 0. The molecule has 1 amide bonds. The molecule has 0 radical (unpaired) electrons. The Morgan fingerprint density at radius 1 is 0.793 bits per heavy atom. The van der Waals surface area contributed by atoms with Crippen molar-refractivity contribution in [1.82, 2.24) is 5.32 Å². The predicted molar refractivity (Wildman–Crippen MR) is 112 cm³/mol. The third kappa shape index (κ3) is 6.88. The van der Waals surface area contributed by atoms with Gasteiger partial charge in [-0.25, -0.2) is 0 Å². The van der Waals surface area contributed by atoms with E-state index in [1.165, 1.54) is 0 Å². The monoisotopic (exact) mass is 391 g/mol. The first-order chi connectivity index (χ1) is 14.2. The van der Waals surface area contributed by atoms with Crippen molar-refractivity contribution in [3.05, 3.63) is 90.0 Å². The van der Waals surface area contributed by atoms with Gasteiger partial charge in [0.25, 0.3) is 5.91 Å². The van der Waals surface area contributed by atoms with Crippen LogP contribution >= 0.6 is 0 Å². The molecule has 5 heteroatoms. The van der Waals surface area contributed by atoms with Crippen molar-refractivity contribution in [2.45, 2.75) is 19.4 Å². The minimum atomic E-state index is -0.173. The van der Waals surface area contributed by atoms with Crippen LogP contribution < -0.4 is 14.8 Å². The van der Waals surface area contributed by atoms with E-state index in [1.807, 2.05) is 60.7 Å². The van der Waals surface area contributed by atoms with Crippen molar-refractivity contribution in [1.29, 1.82) is 0 Å². The number of para-hydroxylation sites is 2. The number of hydrogen-bond acceptors (Lipinski definition) is 4. The first-order valence-electron chi connectivity index (χ1n) is 9.64. The summed E-state index contributed by atoms with van der Waals surface area (Å²) in [6.07, 6.45) is 1.64. The van der Waals surface area contributed by atoms with E-state index < -0.39 is 0 Å². The fourth-order valence-electron chi connectivity index (χ4n) is 2.80. The molecular weight excluding hydrogens is 366 g/mol. The Bertz CT molecular complexity index is 894. The molecule has 3 rings (SSSR count). The fraction of sp³-hybridized carbons (Fsp3) is 0.208. The van der Waals surface area contributed by atoms with Gasteiger partial charge in [-0.05, 0) is 48.2 Å². The van der Waals surface area contributed by atoms with Gasteiger partial charge in [0.1, 0.15) is 12.4 Å². The number of phenols is 1. The number of carbonyl (C=O) groups is 1. The lowest BCUT2D eigenvalue weighted by Crippen LogP contribution is -2.30. The lowest BCUT2D eigenvalue weighted by molar-refractivity contribution is -0.123. The quantitative estimate of drug-likeness (QED) is 0.511. The maximum atomic E-state index is 12.1. The first kappa shape index (κ1) is 20.3. The summed E-state index contributed by atoms with van der Waals surface area (Å²) in [6, 6.07) is 24.3. The topological polar surface area (TPSA) is 67.8 Å². The van der Waals surface area contributed by atoms with Crippen LogP contribution in [0.5, 0.6) is 17.2 Å². The fourth-order valence-corrected chi connectivity index (χ4v) is 2.80. The minimum absolute atomic E-state index is 0.0646. The molecule has 0 aromatic heterocycles. The van der Waals surface area contributed by atoms with Crippen LogP contribution in [0, 0.1) is 0 Å². The third-order valence-corrected chi connectivity index (χ3v) is 4.35. The molecule has 150 valence electrons. The molecule has 0 aliphatic rings. The SMILES string of the molecule is O=C(COc1ccccc1OCc1ccccc1)NCCCc1ccc(O)cc1. The number of benzene rings is 3. The number of amides is 1. The van der Waals surface area contributed by atoms with Crippen molar-refractivity contribution in [2.24, 2.45) is 0 Å². The molecule has 0 spiro atoms. The Balaban J connectivity index is 1.40. The molecule has 5 nitrogen and oxygen atoms in total. The molecule has 0 aliphatic carbocycles. The number of ether oxygens (including phenoxy) is 2. The summed E-state index contributed by atoms with van der Waals surface area (Å²) in [6.45, 7) is 0.935. The zero-order chi connectivity index (χ0) is 20.3. The number of rotatable bonds is 10. The van der Waals surface area contributed by atoms with Crippen LogP contribution in [0.15, 0.2) is 78.9 Å². The second-order valence-corrected chi connectivity index (χ2v) is 6.63. The smallest absolute Gasteiger partial charge is 0.257 e. The highest BCUT2D eigenvalue weighted by Crippen LogP contribution is 2.27. The Hall–Kier alpha value is -3.47. The van der Waals surface area contributed by atoms with E-state index in [0.29, 0.717) is 24.7 Å². The Morgan fingerprint density at radius 2 is 1.45 bits per heavy atom. The second-order valence-electron chi connectivity index (χ2n) is 6.63. The van der Waals surface area contributed by atoms with E-state index in [4.69, 9.17) is 9.47 Å². The van der Waals surface area contributed by atoms with Gasteiger partial charge >= 0.3 is 0 Å². The van der Waals surface area contributed by atoms with Crippen LogP contribution in [0.2, 0.25) is 0 Å². The van der Waals surface area contributed by atoms with E-state index in [-0.39, 0.29) is 18.3 Å². The van der Waals surface area contributed by atoms with Crippen LogP contribution in [0.1, 0.15) is 17.5 Å². The first-order valence-corrected chi connectivity index (χ1v) is 9.64. The molecule has 3 aromatic rings. The highest BCUT2D eigenvalue weighted by molar-refractivity contribution is 5.77. The number of nitrogens with one attached hydrogen (secondary N) is 1. The molecule has 0 atom stereocenters. The van der Waals surface area contributed by atoms with Crippen LogP contribution in [-0.2, 0) is 17.8 Å². The highest BCUT2D eigenvalue weighted by atomic mass is 16.5. The van der Waals surface area contributed by atoms with E-state index in [2.05, 4.69) is 5.32 Å². The van der Waals surface area contributed by atoms with Gasteiger partial charge in [-0.15, -0.1) is 0 Å². The maximum absolute atomic E-state index is 12.1. The zero-order valence-electron chi connectivity index (χ0n) is 16.2. The predicted octanol–water partition coefficient (Wildman–Crippen LogP) is 4.10. The molecule has 0 fully saturated rings. The molecule has 0 saturated heterocycles. The summed E-state index contributed by atoms with van der Waals surface area (Å²) >= 11 is 0. The van der Waals surface area contributed by atoms with Crippen molar-refractivity contribution in [2.75, 3.05) is 13.2 Å². The largest absolute Gasteiger partial charge is 0.508 e. The molecule has 0 unspecified atom stereocenters. The van der Waals surface area contributed by atoms with Gasteiger partial charge in [0.2, 0.25) is 0 Å². The molecule has 2 N–H and O–H groups in total. The second kappa shape index (κ2) is 10.8. The van der Waals surface area contributed by atoms with Gasteiger partial charge in [0.05, 0.1) is 0 Å². The van der Waals surface area contributed by atoms with E-state index >= 15 is 0 Å². The standard InChI is InChI=1S/C24H25NO4/c26-21-14-12-19(13-15-21)9-6-16-25-24(27)18-29-23-11-5-4-10-22(23)28-17-20-7-2-1-3-8-20/h1-5,7-8,10-15,26H,6,9,16-18H2,(H,25,27). The van der Waals surface area contributed by atoms with Gasteiger partial charge in [-0.1, -0.05) is 54.6 Å². The lowest BCUT2D eigenvalue weighted by atomic mass is 10.1. The lowest BCUT2D eigenvalue weighted by Gasteiger charge is -2.13. The van der Waals surface area contributed by atoms with E-state index in [1.54, 1.807) is 18.2 Å². The van der Waals surface area contributed by atoms with Gasteiger partial charge in [0, 0.05) is 6.54 Å². The zero-order valence-corrected chi connectivity index (χ0v) is 16.2. The number of aromatic hydroxyl groups is 1. The summed E-state index contributed by atoms with van der Waals surface area (Å²) < 4.78 is 11.5. The molecular formula is C24H25NO4. The summed E-state index contributed by atoms with van der Waals surface area (Å²) in [5, 5.41) is 12.1. The average molecular weight is 391 g/mol. The highest BCUT2D eigenvalue weighted by Gasteiger charge is 2.08. The van der Waals surface area contributed by atoms with Crippen LogP contribution in [0.4, 0.5) is 0 Å². The normalized spacial score (nSPS) is 10.3. The molecule has 0 aliphatic heterocycles. The van der Waals surface area contributed by atoms with Gasteiger partial charge in [-0.2, -0.15) is 0 Å². The van der Waals surface area contributed by atoms with Crippen molar-refractivity contribution < 1.29 is 19.4 Å². The summed E-state index contributed by atoms with van der Waals surface area (Å²) in [5.74, 6) is 1.24.